The van der Waals surface area contributed by atoms with Crippen molar-refractivity contribution in [1.82, 2.24) is 20.4 Å². The van der Waals surface area contributed by atoms with Gasteiger partial charge in [-0.15, -0.1) is 0 Å². The summed E-state index contributed by atoms with van der Waals surface area (Å²) in [7, 11) is 2.04. The number of carbonyl (C=O) groups excluding carboxylic acids is 2. The van der Waals surface area contributed by atoms with Crippen LogP contribution < -0.4 is 10.6 Å². The lowest BCUT2D eigenvalue weighted by atomic mass is 9.85. The molecule has 2 aliphatic heterocycles. The molecular weight excluding hydrogens is 340 g/mol. The molecule has 0 bridgehead atoms. The summed E-state index contributed by atoms with van der Waals surface area (Å²) in [6.07, 6.45) is 4.27. The molecule has 6 heteroatoms. The van der Waals surface area contributed by atoms with Crippen molar-refractivity contribution in [3.63, 3.8) is 0 Å². The monoisotopic (exact) mass is 372 g/mol. The van der Waals surface area contributed by atoms with Crippen LogP contribution in [0.4, 0.5) is 4.79 Å². The van der Waals surface area contributed by atoms with Gasteiger partial charge in [0, 0.05) is 26.2 Å². The lowest BCUT2D eigenvalue weighted by Crippen LogP contribution is -2.62. The Morgan fingerprint density at radius 2 is 1.93 bits per heavy atom. The molecule has 0 saturated carbocycles. The van der Waals surface area contributed by atoms with Gasteiger partial charge in [0.05, 0.1) is 6.04 Å². The van der Waals surface area contributed by atoms with Gasteiger partial charge in [-0.1, -0.05) is 43.7 Å². The quantitative estimate of drug-likeness (QED) is 0.854. The van der Waals surface area contributed by atoms with Gasteiger partial charge < -0.3 is 15.5 Å². The molecule has 2 fully saturated rings. The van der Waals surface area contributed by atoms with Crippen molar-refractivity contribution in [1.29, 1.82) is 0 Å². The van der Waals surface area contributed by atoms with E-state index in [1.807, 2.05) is 30.1 Å². The van der Waals surface area contributed by atoms with Crippen LogP contribution in [-0.2, 0) is 4.79 Å². The van der Waals surface area contributed by atoms with E-state index < -0.39 is 5.54 Å². The molecule has 0 aliphatic carbocycles. The van der Waals surface area contributed by atoms with Gasteiger partial charge in [-0.25, -0.2) is 4.79 Å². The van der Waals surface area contributed by atoms with Crippen LogP contribution in [0.1, 0.15) is 50.6 Å². The minimum absolute atomic E-state index is 0.0242. The molecule has 0 radical (unpaired) electrons. The first-order valence-corrected chi connectivity index (χ1v) is 10.2. The second-order valence-electron chi connectivity index (χ2n) is 7.75. The average Bonchev–Trinajstić information content (AvgIpc) is 2.83. The van der Waals surface area contributed by atoms with Crippen LogP contribution in [0.3, 0.4) is 0 Å². The van der Waals surface area contributed by atoms with Gasteiger partial charge in [0.2, 0.25) is 5.91 Å². The molecule has 1 spiro atoms. The molecule has 3 rings (SSSR count). The summed E-state index contributed by atoms with van der Waals surface area (Å²) in [5, 5.41) is 6.25. The molecule has 2 N–H and O–H groups in total. The Labute approximate surface area is 162 Å². The van der Waals surface area contributed by atoms with E-state index in [4.69, 9.17) is 0 Å². The highest BCUT2D eigenvalue weighted by molar-refractivity contribution is 5.87. The average molecular weight is 373 g/mol. The standard InChI is InChI=1S/C21H32N4O2/c1-3-8-18(17-9-5-4-6-10-17)23-20(27)25-15-11-21(12-16-25)19(26)22-13-7-14-24(21)2/h4-6,9-10,18H,3,7-8,11-16H2,1-2H3,(H,22,26)(H,23,27)/t18-/m0/s1. The zero-order chi connectivity index (χ0) is 19.3. The zero-order valence-corrected chi connectivity index (χ0v) is 16.5. The molecule has 1 atom stereocenters. The maximum atomic E-state index is 12.9. The van der Waals surface area contributed by atoms with E-state index in [0.29, 0.717) is 25.9 Å². The maximum absolute atomic E-state index is 12.9. The van der Waals surface area contributed by atoms with Gasteiger partial charge in [0.25, 0.3) is 0 Å². The van der Waals surface area contributed by atoms with Crippen molar-refractivity contribution < 1.29 is 9.59 Å². The number of carbonyl (C=O) groups is 2. The van der Waals surface area contributed by atoms with E-state index in [1.54, 1.807) is 0 Å². The van der Waals surface area contributed by atoms with Crippen molar-refractivity contribution in [3.8, 4) is 0 Å². The molecule has 1 aromatic rings. The molecule has 27 heavy (non-hydrogen) atoms. The first-order chi connectivity index (χ1) is 13.1. The van der Waals surface area contributed by atoms with E-state index in [9.17, 15) is 9.59 Å². The van der Waals surface area contributed by atoms with Gasteiger partial charge in [0.15, 0.2) is 0 Å². The number of likely N-dealkylation sites (N-methyl/N-ethyl adjacent to an activating group) is 1. The fraction of sp³-hybridized carbons (Fsp3) is 0.619. The van der Waals surface area contributed by atoms with E-state index in [2.05, 4.69) is 34.6 Å². The first-order valence-electron chi connectivity index (χ1n) is 10.2. The molecule has 0 aromatic heterocycles. The molecule has 3 amide bonds. The van der Waals surface area contributed by atoms with Crippen LogP contribution in [0.5, 0.6) is 0 Å². The summed E-state index contributed by atoms with van der Waals surface area (Å²) < 4.78 is 0. The number of urea groups is 1. The van der Waals surface area contributed by atoms with Gasteiger partial charge in [-0.3, -0.25) is 9.69 Å². The minimum atomic E-state index is -0.463. The molecular formula is C21H32N4O2. The first kappa shape index (κ1) is 19.7. The van der Waals surface area contributed by atoms with Crippen molar-refractivity contribution in [3.05, 3.63) is 35.9 Å². The normalized spacial score (nSPS) is 21.4. The molecule has 148 valence electrons. The number of nitrogens with one attached hydrogen (secondary N) is 2. The SMILES string of the molecule is CCC[C@H](NC(=O)N1CCC2(CC1)C(=O)NCCCN2C)c1ccccc1. The Kier molecular flexibility index (Phi) is 6.37. The van der Waals surface area contributed by atoms with Crippen molar-refractivity contribution in [2.24, 2.45) is 0 Å². The summed E-state index contributed by atoms with van der Waals surface area (Å²) in [4.78, 5) is 29.6. The zero-order valence-electron chi connectivity index (χ0n) is 16.5. The van der Waals surface area contributed by atoms with Crippen LogP contribution in [-0.4, -0.2) is 60.5 Å². The third kappa shape index (κ3) is 4.26. The number of piperidine rings is 1. The Morgan fingerprint density at radius 1 is 1.22 bits per heavy atom. The fourth-order valence-electron chi connectivity index (χ4n) is 4.30. The molecule has 2 saturated heterocycles. The van der Waals surface area contributed by atoms with Crippen molar-refractivity contribution >= 4 is 11.9 Å². The van der Waals surface area contributed by atoms with Crippen LogP contribution in [0.15, 0.2) is 30.3 Å². The summed E-state index contributed by atoms with van der Waals surface area (Å²) in [6.45, 7) is 5.00. The summed E-state index contributed by atoms with van der Waals surface area (Å²) in [5.74, 6) is 0.121. The second-order valence-corrected chi connectivity index (χ2v) is 7.75. The predicted octanol–water partition coefficient (Wildman–Crippen LogP) is 2.52. The Morgan fingerprint density at radius 3 is 2.59 bits per heavy atom. The van der Waals surface area contributed by atoms with Crippen LogP contribution in [0.25, 0.3) is 0 Å². The summed E-state index contributed by atoms with van der Waals surface area (Å²) in [5.41, 5.74) is 0.680. The van der Waals surface area contributed by atoms with E-state index in [1.165, 1.54) is 0 Å². The highest BCUT2D eigenvalue weighted by Crippen LogP contribution is 2.30. The van der Waals surface area contributed by atoms with Crippen molar-refractivity contribution in [2.75, 3.05) is 33.2 Å². The predicted molar refractivity (Wildman–Crippen MR) is 106 cm³/mol. The Hall–Kier alpha value is -2.08. The number of likely N-dealkylation sites (tertiary alicyclic amines) is 1. The van der Waals surface area contributed by atoms with Crippen LogP contribution in [0.2, 0.25) is 0 Å². The highest BCUT2D eigenvalue weighted by atomic mass is 16.2. The third-order valence-electron chi connectivity index (χ3n) is 6.06. The molecule has 2 aliphatic rings. The van der Waals surface area contributed by atoms with Gasteiger partial charge >= 0.3 is 6.03 Å². The third-order valence-corrected chi connectivity index (χ3v) is 6.06. The Balaban J connectivity index is 1.63. The Bertz CT molecular complexity index is 641. The maximum Gasteiger partial charge on any atom is 0.317 e. The van der Waals surface area contributed by atoms with E-state index in [0.717, 1.165) is 37.9 Å². The fourth-order valence-corrected chi connectivity index (χ4v) is 4.30. The lowest BCUT2D eigenvalue weighted by molar-refractivity contribution is -0.134. The summed E-state index contributed by atoms with van der Waals surface area (Å²) in [6, 6.07) is 10.2. The largest absolute Gasteiger partial charge is 0.354 e. The summed E-state index contributed by atoms with van der Waals surface area (Å²) >= 11 is 0. The van der Waals surface area contributed by atoms with Gasteiger partial charge in [0.1, 0.15) is 5.54 Å². The number of hydrogen-bond donors (Lipinski definition) is 2. The number of rotatable bonds is 4. The minimum Gasteiger partial charge on any atom is -0.354 e. The van der Waals surface area contributed by atoms with Crippen molar-refractivity contribution in [2.45, 2.75) is 50.6 Å². The van der Waals surface area contributed by atoms with Gasteiger partial charge in [-0.05, 0) is 38.3 Å². The van der Waals surface area contributed by atoms with Crippen LogP contribution in [0, 0.1) is 0 Å². The smallest absolute Gasteiger partial charge is 0.317 e. The molecule has 2 heterocycles. The topological polar surface area (TPSA) is 64.7 Å². The van der Waals surface area contributed by atoms with Gasteiger partial charge in [-0.2, -0.15) is 0 Å². The molecule has 0 unspecified atom stereocenters. The number of amides is 3. The molecule has 6 nitrogen and oxygen atoms in total. The van der Waals surface area contributed by atoms with E-state index in [-0.39, 0.29) is 18.0 Å². The highest BCUT2D eigenvalue weighted by Gasteiger charge is 2.46. The van der Waals surface area contributed by atoms with Crippen LogP contribution >= 0.6 is 0 Å². The number of hydrogen-bond acceptors (Lipinski definition) is 3. The second kappa shape index (κ2) is 8.74. The molecule has 1 aromatic carbocycles. The number of benzene rings is 1. The lowest BCUT2D eigenvalue weighted by Gasteiger charge is -2.45. The number of nitrogens with zero attached hydrogens (tertiary/aromatic N) is 2. The van der Waals surface area contributed by atoms with E-state index >= 15 is 0 Å².